The van der Waals surface area contributed by atoms with E-state index in [1.54, 1.807) is 25.3 Å². The maximum atomic E-state index is 14.3. The van der Waals surface area contributed by atoms with Gasteiger partial charge in [0.2, 0.25) is 0 Å². The number of methoxy groups -OCH3 is 1. The molecule has 4 aromatic rings. The number of nitrogens with one attached hydrogen (secondary N) is 2. The summed E-state index contributed by atoms with van der Waals surface area (Å²) in [5.74, 6) is 0.890. The van der Waals surface area contributed by atoms with Crippen molar-refractivity contribution < 1.29 is 18.7 Å². The second-order valence-electron chi connectivity index (χ2n) is 7.39. The van der Waals surface area contributed by atoms with Gasteiger partial charge in [0.1, 0.15) is 24.0 Å². The summed E-state index contributed by atoms with van der Waals surface area (Å²) in [4.78, 5) is 20.1. The third-order valence-corrected chi connectivity index (χ3v) is 5.13. The first-order valence-electron chi connectivity index (χ1n) is 10.5. The Kier molecular flexibility index (Phi) is 6.99. The van der Waals surface area contributed by atoms with E-state index < -0.39 is 6.09 Å². The molecule has 0 radical (unpaired) electrons. The van der Waals surface area contributed by atoms with Crippen molar-refractivity contribution in [1.29, 1.82) is 0 Å². The Morgan fingerprint density at radius 2 is 1.73 bits per heavy atom. The molecule has 33 heavy (non-hydrogen) atoms. The van der Waals surface area contributed by atoms with Gasteiger partial charge in [0.05, 0.1) is 19.3 Å². The maximum Gasteiger partial charge on any atom is 0.407 e. The van der Waals surface area contributed by atoms with E-state index in [-0.39, 0.29) is 19.0 Å². The summed E-state index contributed by atoms with van der Waals surface area (Å²) in [6.07, 6.45) is -0.240. The lowest BCUT2D eigenvalue weighted by atomic mass is 10.0. The molecule has 0 atom stereocenters. The van der Waals surface area contributed by atoms with Gasteiger partial charge in [0.25, 0.3) is 0 Å². The van der Waals surface area contributed by atoms with Gasteiger partial charge in [-0.25, -0.2) is 14.2 Å². The number of H-pyrrole nitrogens is 1. The fraction of sp³-hybridized carbons (Fsp3) is 0.154. The zero-order valence-corrected chi connectivity index (χ0v) is 18.2. The van der Waals surface area contributed by atoms with E-state index in [9.17, 15) is 9.18 Å². The fourth-order valence-electron chi connectivity index (χ4n) is 3.50. The molecule has 0 spiro atoms. The summed E-state index contributed by atoms with van der Waals surface area (Å²) in [5, 5.41) is 2.70. The van der Waals surface area contributed by atoms with E-state index in [4.69, 9.17) is 9.47 Å². The van der Waals surface area contributed by atoms with E-state index in [1.807, 2.05) is 54.6 Å². The van der Waals surface area contributed by atoms with Crippen LogP contribution in [0.3, 0.4) is 0 Å². The standard InChI is InChI=1S/C26H24FN3O3/c1-32-23-14-8-6-12-20(23)25-22(15-19-11-5-7-13-21(19)27)29-24(30-25)16-28-26(31)33-17-18-9-3-2-4-10-18/h2-14H,15-17H2,1H3,(H,28,31)(H,29,30). The normalized spacial score (nSPS) is 10.6. The Morgan fingerprint density at radius 3 is 2.52 bits per heavy atom. The minimum Gasteiger partial charge on any atom is -0.496 e. The monoisotopic (exact) mass is 445 g/mol. The zero-order valence-electron chi connectivity index (χ0n) is 18.2. The highest BCUT2D eigenvalue weighted by Crippen LogP contribution is 2.32. The first-order chi connectivity index (χ1) is 16.1. The van der Waals surface area contributed by atoms with E-state index in [2.05, 4.69) is 15.3 Å². The summed E-state index contributed by atoms with van der Waals surface area (Å²) in [6.45, 7) is 0.308. The SMILES string of the molecule is COc1ccccc1-c1nc(CNC(=O)OCc2ccccc2)[nH]c1Cc1ccccc1F. The largest absolute Gasteiger partial charge is 0.496 e. The van der Waals surface area contributed by atoms with Crippen molar-refractivity contribution in [2.24, 2.45) is 0 Å². The zero-order chi connectivity index (χ0) is 23.0. The molecule has 0 bridgehead atoms. The van der Waals surface area contributed by atoms with Crippen molar-refractivity contribution in [1.82, 2.24) is 15.3 Å². The van der Waals surface area contributed by atoms with Gasteiger partial charge in [-0.15, -0.1) is 0 Å². The van der Waals surface area contributed by atoms with Crippen LogP contribution in [0.2, 0.25) is 0 Å². The summed E-state index contributed by atoms with van der Waals surface area (Å²) in [5.41, 5.74) is 3.58. The van der Waals surface area contributed by atoms with E-state index >= 15 is 0 Å². The molecule has 1 heterocycles. The van der Waals surface area contributed by atoms with Crippen LogP contribution in [0.5, 0.6) is 5.75 Å². The Bertz CT molecular complexity index is 1220. The van der Waals surface area contributed by atoms with Gasteiger partial charge in [-0.05, 0) is 29.3 Å². The molecule has 7 heteroatoms. The van der Waals surface area contributed by atoms with E-state index in [1.165, 1.54) is 6.07 Å². The minimum absolute atomic E-state index is 0.132. The lowest BCUT2D eigenvalue weighted by molar-refractivity contribution is 0.139. The summed E-state index contributed by atoms with van der Waals surface area (Å²) >= 11 is 0. The molecule has 2 N–H and O–H groups in total. The highest BCUT2D eigenvalue weighted by molar-refractivity contribution is 5.70. The number of carbonyl (C=O) groups is 1. The number of rotatable bonds is 8. The van der Waals surface area contributed by atoms with E-state index in [0.29, 0.717) is 29.3 Å². The highest BCUT2D eigenvalue weighted by Gasteiger charge is 2.18. The third kappa shape index (κ3) is 5.57. The number of halogens is 1. The number of carbonyl (C=O) groups excluding carboxylic acids is 1. The number of hydrogen-bond acceptors (Lipinski definition) is 4. The molecular formula is C26H24FN3O3. The minimum atomic E-state index is -0.551. The average molecular weight is 445 g/mol. The predicted octanol–water partition coefficient (Wildman–Crippen LogP) is 5.24. The Balaban J connectivity index is 1.53. The van der Waals surface area contributed by atoms with Gasteiger partial charge >= 0.3 is 6.09 Å². The van der Waals surface area contributed by atoms with Crippen LogP contribution >= 0.6 is 0 Å². The molecule has 6 nitrogen and oxygen atoms in total. The highest BCUT2D eigenvalue weighted by atomic mass is 19.1. The van der Waals surface area contributed by atoms with Crippen molar-refractivity contribution in [3.63, 3.8) is 0 Å². The Hall–Kier alpha value is -4.13. The number of amides is 1. The van der Waals surface area contributed by atoms with Crippen molar-refractivity contribution in [3.8, 4) is 17.0 Å². The quantitative estimate of drug-likeness (QED) is 0.389. The van der Waals surface area contributed by atoms with Crippen LogP contribution in [0.4, 0.5) is 9.18 Å². The van der Waals surface area contributed by atoms with Crippen LogP contribution < -0.4 is 10.1 Å². The smallest absolute Gasteiger partial charge is 0.407 e. The average Bonchev–Trinajstić information content (AvgIpc) is 3.26. The Labute approximate surface area is 191 Å². The number of alkyl carbamates (subject to hydrolysis) is 1. The first-order valence-corrected chi connectivity index (χ1v) is 10.5. The van der Waals surface area contributed by atoms with Gasteiger partial charge < -0.3 is 19.8 Å². The number of nitrogens with zero attached hydrogens (tertiary/aromatic N) is 1. The Morgan fingerprint density at radius 1 is 1.00 bits per heavy atom. The first kappa shape index (κ1) is 22.1. The van der Waals surface area contributed by atoms with Gasteiger partial charge in [-0.2, -0.15) is 0 Å². The van der Waals surface area contributed by atoms with Crippen LogP contribution in [0, 0.1) is 5.82 Å². The molecule has 3 aromatic carbocycles. The topological polar surface area (TPSA) is 76.2 Å². The molecule has 0 saturated heterocycles. The third-order valence-electron chi connectivity index (χ3n) is 5.13. The number of aromatic nitrogens is 2. The molecule has 1 amide bonds. The number of aromatic amines is 1. The molecular weight excluding hydrogens is 421 g/mol. The van der Waals surface area contributed by atoms with Crippen molar-refractivity contribution >= 4 is 6.09 Å². The second kappa shape index (κ2) is 10.5. The van der Waals surface area contributed by atoms with Gasteiger partial charge in [0, 0.05) is 17.7 Å². The molecule has 0 aliphatic rings. The van der Waals surface area contributed by atoms with Crippen LogP contribution in [0.1, 0.15) is 22.6 Å². The lowest BCUT2D eigenvalue weighted by Gasteiger charge is -2.08. The van der Waals surface area contributed by atoms with Crippen LogP contribution in [0.25, 0.3) is 11.3 Å². The maximum absolute atomic E-state index is 14.3. The number of imidazole rings is 1. The van der Waals surface area contributed by atoms with Crippen molar-refractivity contribution in [2.45, 2.75) is 19.6 Å². The molecule has 0 saturated carbocycles. The number of ether oxygens (including phenoxy) is 2. The second-order valence-corrected chi connectivity index (χ2v) is 7.39. The van der Waals surface area contributed by atoms with Gasteiger partial charge in [-0.1, -0.05) is 60.7 Å². The molecule has 0 fully saturated rings. The van der Waals surface area contributed by atoms with Crippen LogP contribution in [0.15, 0.2) is 78.9 Å². The predicted molar refractivity (Wildman–Crippen MR) is 123 cm³/mol. The van der Waals surface area contributed by atoms with Crippen molar-refractivity contribution in [3.05, 3.63) is 107 Å². The van der Waals surface area contributed by atoms with Gasteiger partial charge in [-0.3, -0.25) is 0 Å². The van der Waals surface area contributed by atoms with Crippen molar-refractivity contribution in [2.75, 3.05) is 7.11 Å². The summed E-state index contributed by atoms with van der Waals surface area (Å²) in [7, 11) is 1.59. The molecule has 0 unspecified atom stereocenters. The van der Waals surface area contributed by atoms with Crippen LogP contribution in [-0.2, 0) is 24.3 Å². The lowest BCUT2D eigenvalue weighted by Crippen LogP contribution is -2.24. The molecule has 1 aromatic heterocycles. The number of hydrogen-bond donors (Lipinski definition) is 2. The molecule has 4 rings (SSSR count). The fourth-order valence-corrected chi connectivity index (χ4v) is 3.50. The summed E-state index contributed by atoms with van der Waals surface area (Å²) < 4.78 is 25.1. The summed E-state index contributed by atoms with van der Waals surface area (Å²) in [6, 6.07) is 23.6. The molecule has 168 valence electrons. The van der Waals surface area contributed by atoms with Gasteiger partial charge in [0.15, 0.2) is 0 Å². The number of para-hydroxylation sites is 1. The van der Waals surface area contributed by atoms with E-state index in [0.717, 1.165) is 16.8 Å². The number of benzene rings is 3. The molecule has 0 aliphatic heterocycles. The van der Waals surface area contributed by atoms with Crippen LogP contribution in [-0.4, -0.2) is 23.2 Å². The molecule has 0 aliphatic carbocycles.